The SMILES string of the molecule is COc1ccc(-c2csc(NC(=O)C(C)C)n2)c(O)c1C. The number of amides is 1. The number of phenols is 1. The zero-order valence-electron chi connectivity index (χ0n) is 12.4. The molecule has 0 radical (unpaired) electrons. The third kappa shape index (κ3) is 3.16. The third-order valence-electron chi connectivity index (χ3n) is 3.14. The first-order valence-corrected chi connectivity index (χ1v) is 7.45. The number of hydrogen-bond acceptors (Lipinski definition) is 5. The topological polar surface area (TPSA) is 71.5 Å². The summed E-state index contributed by atoms with van der Waals surface area (Å²) in [7, 11) is 1.56. The van der Waals surface area contributed by atoms with Gasteiger partial charge in [-0.1, -0.05) is 13.8 Å². The van der Waals surface area contributed by atoms with Crippen LogP contribution in [0.4, 0.5) is 5.13 Å². The molecule has 2 aromatic rings. The zero-order chi connectivity index (χ0) is 15.6. The van der Waals surface area contributed by atoms with Crippen molar-refractivity contribution < 1.29 is 14.6 Å². The lowest BCUT2D eigenvalue weighted by molar-refractivity contribution is -0.118. The average molecular weight is 306 g/mol. The Bertz CT molecular complexity index is 665. The lowest BCUT2D eigenvalue weighted by atomic mass is 10.1. The summed E-state index contributed by atoms with van der Waals surface area (Å²) in [6, 6.07) is 3.54. The van der Waals surface area contributed by atoms with Gasteiger partial charge in [0.1, 0.15) is 11.5 Å². The minimum absolute atomic E-state index is 0.0777. The monoisotopic (exact) mass is 306 g/mol. The van der Waals surface area contributed by atoms with E-state index in [0.717, 1.165) is 0 Å². The smallest absolute Gasteiger partial charge is 0.228 e. The Balaban J connectivity index is 2.30. The van der Waals surface area contributed by atoms with Gasteiger partial charge >= 0.3 is 0 Å². The number of rotatable bonds is 4. The van der Waals surface area contributed by atoms with Crippen LogP contribution in [-0.2, 0) is 4.79 Å². The maximum absolute atomic E-state index is 11.7. The lowest BCUT2D eigenvalue weighted by Crippen LogP contribution is -2.17. The van der Waals surface area contributed by atoms with Gasteiger partial charge in [0.05, 0.1) is 12.8 Å². The van der Waals surface area contributed by atoms with Crippen LogP contribution in [0.15, 0.2) is 17.5 Å². The number of aromatic hydroxyl groups is 1. The normalized spacial score (nSPS) is 10.7. The van der Waals surface area contributed by atoms with Gasteiger partial charge in [-0.25, -0.2) is 4.98 Å². The average Bonchev–Trinajstić information content (AvgIpc) is 2.90. The van der Waals surface area contributed by atoms with Gasteiger partial charge in [0.2, 0.25) is 5.91 Å². The molecule has 2 N–H and O–H groups in total. The van der Waals surface area contributed by atoms with Gasteiger partial charge in [0.25, 0.3) is 0 Å². The first kappa shape index (κ1) is 15.3. The molecular weight excluding hydrogens is 288 g/mol. The van der Waals surface area contributed by atoms with Crippen molar-refractivity contribution in [2.45, 2.75) is 20.8 Å². The van der Waals surface area contributed by atoms with E-state index < -0.39 is 0 Å². The van der Waals surface area contributed by atoms with Gasteiger partial charge in [-0.3, -0.25) is 4.79 Å². The second-order valence-corrected chi connectivity index (χ2v) is 5.83. The first-order chi connectivity index (χ1) is 9.93. The molecule has 0 saturated carbocycles. The highest BCUT2D eigenvalue weighted by atomic mass is 32.1. The number of nitrogens with one attached hydrogen (secondary N) is 1. The number of carbonyl (C=O) groups excluding carboxylic acids is 1. The second-order valence-electron chi connectivity index (χ2n) is 4.97. The molecule has 112 valence electrons. The third-order valence-corrected chi connectivity index (χ3v) is 3.89. The van der Waals surface area contributed by atoms with Crippen molar-refractivity contribution in [2.24, 2.45) is 5.92 Å². The summed E-state index contributed by atoms with van der Waals surface area (Å²) in [5.74, 6) is 0.584. The highest BCUT2D eigenvalue weighted by Gasteiger charge is 2.15. The maximum atomic E-state index is 11.7. The summed E-state index contributed by atoms with van der Waals surface area (Å²) in [5, 5.41) is 15.3. The summed E-state index contributed by atoms with van der Waals surface area (Å²) in [4.78, 5) is 16.0. The van der Waals surface area contributed by atoms with Crippen molar-refractivity contribution >= 4 is 22.4 Å². The molecule has 1 amide bonds. The van der Waals surface area contributed by atoms with E-state index in [1.54, 1.807) is 31.5 Å². The van der Waals surface area contributed by atoms with Crippen LogP contribution in [0.25, 0.3) is 11.3 Å². The highest BCUT2D eigenvalue weighted by molar-refractivity contribution is 7.14. The van der Waals surface area contributed by atoms with Crippen LogP contribution < -0.4 is 10.1 Å². The van der Waals surface area contributed by atoms with Gasteiger partial charge in [-0.15, -0.1) is 11.3 Å². The van der Waals surface area contributed by atoms with Gasteiger partial charge in [-0.05, 0) is 19.1 Å². The van der Waals surface area contributed by atoms with Crippen molar-refractivity contribution in [1.29, 1.82) is 0 Å². The van der Waals surface area contributed by atoms with E-state index >= 15 is 0 Å². The molecule has 21 heavy (non-hydrogen) atoms. The number of thiazole rings is 1. The van der Waals surface area contributed by atoms with Crippen LogP contribution in [0.5, 0.6) is 11.5 Å². The minimum Gasteiger partial charge on any atom is -0.507 e. The van der Waals surface area contributed by atoms with Crippen LogP contribution in [-0.4, -0.2) is 23.1 Å². The van der Waals surface area contributed by atoms with E-state index in [0.29, 0.717) is 27.7 Å². The number of nitrogens with zero attached hydrogens (tertiary/aromatic N) is 1. The Kier molecular flexibility index (Phi) is 4.47. The standard InChI is InChI=1S/C15H18N2O3S/c1-8(2)14(19)17-15-16-11(7-21-15)10-5-6-12(20-4)9(3)13(10)18/h5-8,18H,1-4H3,(H,16,17,19). The molecule has 0 aliphatic heterocycles. The largest absolute Gasteiger partial charge is 0.507 e. The molecule has 0 fully saturated rings. The van der Waals surface area contributed by atoms with E-state index in [1.807, 2.05) is 13.8 Å². The van der Waals surface area contributed by atoms with Crippen molar-refractivity contribution in [3.63, 3.8) is 0 Å². The fraction of sp³-hybridized carbons (Fsp3) is 0.333. The molecule has 0 aliphatic carbocycles. The number of aromatic nitrogens is 1. The molecule has 0 spiro atoms. The number of anilines is 1. The number of benzene rings is 1. The van der Waals surface area contributed by atoms with Crippen LogP contribution in [0.1, 0.15) is 19.4 Å². The Hall–Kier alpha value is -2.08. The second kappa shape index (κ2) is 6.13. The van der Waals surface area contributed by atoms with E-state index in [4.69, 9.17) is 4.74 Å². The lowest BCUT2D eigenvalue weighted by Gasteiger charge is -2.09. The van der Waals surface area contributed by atoms with Crippen molar-refractivity contribution in [3.8, 4) is 22.8 Å². The molecule has 0 saturated heterocycles. The van der Waals surface area contributed by atoms with Gasteiger partial charge < -0.3 is 15.2 Å². The molecule has 2 rings (SSSR count). The summed E-state index contributed by atoms with van der Waals surface area (Å²) in [5.41, 5.74) is 1.91. The predicted octanol–water partition coefficient (Wildman–Crippen LogP) is 3.43. The predicted molar refractivity (Wildman–Crippen MR) is 84.0 cm³/mol. The quantitative estimate of drug-likeness (QED) is 0.908. The van der Waals surface area contributed by atoms with E-state index in [9.17, 15) is 9.90 Å². The Morgan fingerprint density at radius 2 is 2.14 bits per heavy atom. The zero-order valence-corrected chi connectivity index (χ0v) is 13.2. The van der Waals surface area contributed by atoms with Crippen LogP contribution >= 0.6 is 11.3 Å². The molecule has 0 bridgehead atoms. The maximum Gasteiger partial charge on any atom is 0.228 e. The highest BCUT2D eigenvalue weighted by Crippen LogP contribution is 2.37. The molecule has 6 heteroatoms. The van der Waals surface area contributed by atoms with Crippen LogP contribution in [0, 0.1) is 12.8 Å². The van der Waals surface area contributed by atoms with Crippen LogP contribution in [0.3, 0.4) is 0 Å². The van der Waals surface area contributed by atoms with E-state index in [1.165, 1.54) is 11.3 Å². The molecular formula is C15H18N2O3S. The van der Waals surface area contributed by atoms with Crippen molar-refractivity contribution in [2.75, 3.05) is 12.4 Å². The summed E-state index contributed by atoms with van der Waals surface area (Å²) >= 11 is 1.33. The van der Waals surface area contributed by atoms with Gasteiger partial charge in [0, 0.05) is 22.4 Å². The fourth-order valence-corrected chi connectivity index (χ4v) is 2.53. The number of carbonyl (C=O) groups is 1. The summed E-state index contributed by atoms with van der Waals surface area (Å²) in [6.07, 6.45) is 0. The minimum atomic E-state index is -0.103. The van der Waals surface area contributed by atoms with Crippen LogP contribution in [0.2, 0.25) is 0 Å². The van der Waals surface area contributed by atoms with Crippen molar-refractivity contribution in [3.05, 3.63) is 23.1 Å². The first-order valence-electron chi connectivity index (χ1n) is 6.57. The molecule has 1 aromatic carbocycles. The Morgan fingerprint density at radius 3 is 2.76 bits per heavy atom. The molecule has 5 nitrogen and oxygen atoms in total. The number of hydrogen-bond donors (Lipinski definition) is 2. The van der Waals surface area contributed by atoms with Gasteiger partial charge in [-0.2, -0.15) is 0 Å². The van der Waals surface area contributed by atoms with Gasteiger partial charge in [0.15, 0.2) is 5.13 Å². The van der Waals surface area contributed by atoms with E-state index in [-0.39, 0.29) is 17.6 Å². The van der Waals surface area contributed by atoms with E-state index in [2.05, 4.69) is 10.3 Å². The number of methoxy groups -OCH3 is 1. The fourth-order valence-electron chi connectivity index (χ4n) is 1.81. The summed E-state index contributed by atoms with van der Waals surface area (Å²) < 4.78 is 5.17. The van der Waals surface area contributed by atoms with Crippen molar-refractivity contribution in [1.82, 2.24) is 4.98 Å². The molecule has 0 aliphatic rings. The molecule has 1 aromatic heterocycles. The molecule has 0 unspecified atom stereocenters. The Labute approximate surface area is 127 Å². The molecule has 0 atom stereocenters. The summed E-state index contributed by atoms with van der Waals surface area (Å²) in [6.45, 7) is 5.43. The Morgan fingerprint density at radius 1 is 1.43 bits per heavy atom. The number of phenolic OH excluding ortho intramolecular Hbond substituents is 1. The number of ether oxygens (including phenoxy) is 1. The molecule has 1 heterocycles.